The molecule has 2 rings (SSSR count). The van der Waals surface area contributed by atoms with Gasteiger partial charge in [0.15, 0.2) is 5.13 Å². The summed E-state index contributed by atoms with van der Waals surface area (Å²) in [5, 5.41) is 0.518. The largest absolute Gasteiger partial charge is 0.462 e. The van der Waals surface area contributed by atoms with Crippen LogP contribution in [0.3, 0.4) is 0 Å². The van der Waals surface area contributed by atoms with Crippen molar-refractivity contribution in [3.63, 3.8) is 0 Å². The lowest BCUT2D eigenvalue weighted by molar-refractivity contribution is -0.162. The first-order valence-electron chi connectivity index (χ1n) is 8.49. The molecule has 1 aromatic heterocycles. The molecule has 7 heteroatoms. The molecule has 2 N–H and O–H groups in total. The number of hydrogen-bond donors (Lipinski definition) is 1. The van der Waals surface area contributed by atoms with Crippen molar-refractivity contribution in [2.75, 3.05) is 12.3 Å². The van der Waals surface area contributed by atoms with E-state index in [9.17, 15) is 4.79 Å². The molecule has 0 saturated heterocycles. The van der Waals surface area contributed by atoms with Crippen LogP contribution in [0, 0.1) is 12.3 Å². The third-order valence-corrected chi connectivity index (χ3v) is 5.68. The second kappa shape index (κ2) is 7.44. The van der Waals surface area contributed by atoms with Gasteiger partial charge in [0.2, 0.25) is 0 Å². The van der Waals surface area contributed by atoms with E-state index in [0.717, 1.165) is 25.8 Å². The first-order chi connectivity index (χ1) is 11.8. The number of halogens is 1. The molecule has 0 aliphatic carbocycles. The van der Waals surface area contributed by atoms with Crippen LogP contribution in [0.5, 0.6) is 0 Å². The van der Waals surface area contributed by atoms with Crippen molar-refractivity contribution in [1.82, 2.24) is 4.98 Å². The molecule has 0 fully saturated rings. The van der Waals surface area contributed by atoms with Crippen molar-refractivity contribution in [1.29, 1.82) is 0 Å². The van der Waals surface area contributed by atoms with E-state index in [0.29, 0.717) is 5.13 Å². The monoisotopic (exact) mass is 442 g/mol. The molecule has 0 bridgehead atoms. The second-order valence-electron chi connectivity index (χ2n) is 8.39. The summed E-state index contributed by atoms with van der Waals surface area (Å²) in [4.78, 5) is 16.6. The third-order valence-electron chi connectivity index (χ3n) is 3.68. The molecule has 0 saturated carbocycles. The maximum atomic E-state index is 12.2. The smallest absolute Gasteiger partial charge is 0.311 e. The van der Waals surface area contributed by atoms with Crippen LogP contribution in [0.1, 0.15) is 58.8 Å². The highest BCUT2D eigenvalue weighted by Gasteiger charge is 2.29. The molecular weight excluding hydrogens is 416 g/mol. The van der Waals surface area contributed by atoms with Gasteiger partial charge in [0.25, 0.3) is 0 Å². The number of carbonyl (C=O) groups is 1. The number of rotatable bonds is 4. The Morgan fingerprint density at radius 3 is 2.46 bits per heavy atom. The highest BCUT2D eigenvalue weighted by Crippen LogP contribution is 2.40. The number of carbonyl (C=O) groups excluding carboxylic acids is 1. The summed E-state index contributed by atoms with van der Waals surface area (Å²) >= 11 is 5.12. The minimum absolute atomic E-state index is 0.145. The molecule has 0 aliphatic rings. The molecule has 0 unspecified atom stereocenters. The van der Waals surface area contributed by atoms with Crippen LogP contribution in [-0.4, -0.2) is 23.2 Å². The van der Waals surface area contributed by atoms with Crippen LogP contribution >= 0.6 is 27.3 Å². The highest BCUT2D eigenvalue weighted by atomic mass is 79.9. The van der Waals surface area contributed by atoms with E-state index in [-0.39, 0.29) is 12.6 Å². The lowest BCUT2D eigenvalue weighted by Crippen LogP contribution is -2.29. The van der Waals surface area contributed by atoms with E-state index in [1.165, 1.54) is 11.3 Å². The van der Waals surface area contributed by atoms with Gasteiger partial charge < -0.3 is 15.2 Å². The standard InChI is InChI=1S/C19H27BrN2O3S/c1-10-8-11-15(26-17(21)22-11)14(20)13(10)12(25-19(5,6)7)9-24-16(23)18(2,3)4/h8,12H,9H2,1-7H3,(H2,21,22)/t12-/m1/s1. The van der Waals surface area contributed by atoms with Crippen molar-refractivity contribution in [3.05, 3.63) is 21.7 Å². The Morgan fingerprint density at radius 2 is 1.92 bits per heavy atom. The molecule has 0 spiro atoms. The Balaban J connectivity index is 2.44. The number of aromatic nitrogens is 1. The fraction of sp³-hybridized carbons (Fsp3) is 0.579. The summed E-state index contributed by atoms with van der Waals surface area (Å²) < 4.78 is 13.7. The maximum absolute atomic E-state index is 12.2. The van der Waals surface area contributed by atoms with Crippen LogP contribution < -0.4 is 5.73 Å². The molecule has 1 heterocycles. The predicted octanol–water partition coefficient (Wildman–Crippen LogP) is 5.39. The Kier molecular flexibility index (Phi) is 6.05. The summed E-state index contributed by atoms with van der Waals surface area (Å²) in [6.45, 7) is 13.6. The van der Waals surface area contributed by atoms with Crippen molar-refractivity contribution in [2.45, 2.75) is 60.2 Å². The summed E-state index contributed by atoms with van der Waals surface area (Å²) in [6.07, 6.45) is -0.400. The number of nitrogens with two attached hydrogens (primary N) is 1. The van der Waals surface area contributed by atoms with Gasteiger partial charge in [0, 0.05) is 10.0 Å². The number of ether oxygens (including phenoxy) is 2. The molecule has 1 aromatic carbocycles. The quantitative estimate of drug-likeness (QED) is 0.641. The molecule has 26 heavy (non-hydrogen) atoms. The SMILES string of the molecule is Cc1cc2nc(N)sc2c(Br)c1[C@@H](COC(=O)C(C)(C)C)OC(C)(C)C. The van der Waals surface area contributed by atoms with Gasteiger partial charge in [0.05, 0.1) is 21.2 Å². The molecule has 2 aromatic rings. The lowest BCUT2D eigenvalue weighted by Gasteiger charge is -2.30. The number of benzene rings is 1. The minimum Gasteiger partial charge on any atom is -0.462 e. The number of anilines is 1. The van der Waals surface area contributed by atoms with Crippen molar-refractivity contribution in [2.24, 2.45) is 5.41 Å². The number of thiazole rings is 1. The van der Waals surface area contributed by atoms with Gasteiger partial charge in [-0.25, -0.2) is 4.98 Å². The van der Waals surface area contributed by atoms with E-state index in [1.54, 1.807) is 0 Å². The molecule has 0 aliphatic heterocycles. The van der Waals surface area contributed by atoms with E-state index >= 15 is 0 Å². The van der Waals surface area contributed by atoms with Crippen LogP contribution in [0.15, 0.2) is 10.5 Å². The van der Waals surface area contributed by atoms with E-state index in [2.05, 4.69) is 20.9 Å². The molecular formula is C19H27BrN2O3S. The topological polar surface area (TPSA) is 74.4 Å². The zero-order valence-electron chi connectivity index (χ0n) is 16.4. The molecule has 1 atom stereocenters. The number of nitrogen functional groups attached to an aromatic ring is 1. The second-order valence-corrected chi connectivity index (χ2v) is 10.2. The van der Waals surface area contributed by atoms with Crippen molar-refractivity contribution < 1.29 is 14.3 Å². The summed E-state index contributed by atoms with van der Waals surface area (Å²) in [7, 11) is 0. The summed E-state index contributed by atoms with van der Waals surface area (Å²) in [5.74, 6) is -0.253. The molecule has 0 amide bonds. The number of aryl methyl sites for hydroxylation is 1. The zero-order chi connectivity index (χ0) is 19.9. The number of nitrogens with zero attached hydrogens (tertiary/aromatic N) is 1. The first kappa shape index (κ1) is 21.1. The van der Waals surface area contributed by atoms with Crippen LogP contribution in [0.2, 0.25) is 0 Å². The fourth-order valence-corrected chi connectivity index (χ4v) is 4.32. The average molecular weight is 443 g/mol. The fourth-order valence-electron chi connectivity index (χ4n) is 2.55. The van der Waals surface area contributed by atoms with Gasteiger partial charge in [-0.05, 0) is 76.0 Å². The van der Waals surface area contributed by atoms with E-state index < -0.39 is 17.1 Å². The predicted molar refractivity (Wildman–Crippen MR) is 110 cm³/mol. The van der Waals surface area contributed by atoms with Gasteiger partial charge in [-0.2, -0.15) is 0 Å². The van der Waals surface area contributed by atoms with Crippen LogP contribution in [-0.2, 0) is 14.3 Å². The number of esters is 1. The molecule has 0 radical (unpaired) electrons. The van der Waals surface area contributed by atoms with Gasteiger partial charge >= 0.3 is 5.97 Å². The number of fused-ring (bicyclic) bond motifs is 1. The van der Waals surface area contributed by atoms with E-state index in [1.807, 2.05) is 54.5 Å². The third kappa shape index (κ3) is 4.96. The molecule has 144 valence electrons. The Hall–Kier alpha value is -1.18. The Bertz CT molecular complexity index is 819. The summed E-state index contributed by atoms with van der Waals surface area (Å²) in [6, 6.07) is 1.99. The molecule has 5 nitrogen and oxygen atoms in total. The summed E-state index contributed by atoms with van der Waals surface area (Å²) in [5.41, 5.74) is 7.73. The normalized spacial score (nSPS) is 13.8. The maximum Gasteiger partial charge on any atom is 0.311 e. The number of hydrogen-bond acceptors (Lipinski definition) is 6. The van der Waals surface area contributed by atoms with Crippen molar-refractivity contribution >= 4 is 48.6 Å². The Morgan fingerprint density at radius 1 is 1.31 bits per heavy atom. The van der Waals surface area contributed by atoms with Crippen LogP contribution in [0.25, 0.3) is 10.2 Å². The lowest BCUT2D eigenvalue weighted by atomic mass is 9.97. The van der Waals surface area contributed by atoms with Gasteiger partial charge in [-0.15, -0.1) is 0 Å². The minimum atomic E-state index is -0.561. The first-order valence-corrected chi connectivity index (χ1v) is 10.1. The van der Waals surface area contributed by atoms with Gasteiger partial charge in [0.1, 0.15) is 12.7 Å². The average Bonchev–Trinajstić information content (AvgIpc) is 2.82. The zero-order valence-corrected chi connectivity index (χ0v) is 18.8. The van der Waals surface area contributed by atoms with Crippen LogP contribution in [0.4, 0.5) is 5.13 Å². The van der Waals surface area contributed by atoms with Gasteiger partial charge in [-0.3, -0.25) is 4.79 Å². The van der Waals surface area contributed by atoms with Gasteiger partial charge in [-0.1, -0.05) is 11.3 Å². The van der Waals surface area contributed by atoms with Crippen molar-refractivity contribution in [3.8, 4) is 0 Å². The Labute approximate surface area is 167 Å². The highest BCUT2D eigenvalue weighted by molar-refractivity contribution is 9.10. The van der Waals surface area contributed by atoms with E-state index in [4.69, 9.17) is 15.2 Å².